The summed E-state index contributed by atoms with van der Waals surface area (Å²) in [7, 11) is 0. The van der Waals surface area contributed by atoms with Crippen molar-refractivity contribution in [3.8, 4) is 0 Å². The van der Waals surface area contributed by atoms with Gasteiger partial charge in [0.15, 0.2) is 0 Å². The van der Waals surface area contributed by atoms with E-state index in [0.717, 1.165) is 6.67 Å². The highest BCUT2D eigenvalue weighted by Crippen LogP contribution is 2.38. The Morgan fingerprint density at radius 1 is 1.05 bits per heavy atom. The molecule has 0 bridgehead atoms. The van der Waals surface area contributed by atoms with Gasteiger partial charge in [-0.2, -0.15) is 0 Å². The quantitative estimate of drug-likeness (QED) is 0.888. The number of likely N-dealkylation sites (tertiary alicyclic amines) is 1. The van der Waals surface area contributed by atoms with Crippen LogP contribution >= 0.6 is 0 Å². The number of hydrogen-bond acceptors (Lipinski definition) is 3. The summed E-state index contributed by atoms with van der Waals surface area (Å²) in [6, 6.07) is 9.47. The Morgan fingerprint density at radius 3 is 2.55 bits per heavy atom. The predicted octanol–water partition coefficient (Wildman–Crippen LogP) is 4.06. The van der Waals surface area contributed by atoms with Gasteiger partial charge < -0.3 is 10.2 Å². The fourth-order valence-electron chi connectivity index (χ4n) is 4.80. The molecule has 0 spiro atoms. The third kappa shape index (κ3) is 2.50. The SMILES string of the molecule is CC1(N2CCC(N3CNc4ccccc43)CC2)CCCCC1. The third-order valence-corrected chi connectivity index (χ3v) is 6.25. The van der Waals surface area contributed by atoms with Gasteiger partial charge in [-0.15, -0.1) is 0 Å². The standard InChI is InChI=1S/C19H29N3/c1-19(11-5-2-6-12-19)21-13-9-16(10-14-21)22-15-20-17-7-3-4-8-18(17)22/h3-4,7-8,16,20H,2,5-6,9-15H2,1H3. The zero-order chi connectivity index (χ0) is 15.0. The van der Waals surface area contributed by atoms with Gasteiger partial charge in [-0.3, -0.25) is 4.90 Å². The molecule has 0 unspecified atom stereocenters. The Balaban J connectivity index is 1.40. The van der Waals surface area contributed by atoms with E-state index in [1.54, 1.807) is 0 Å². The molecule has 0 atom stereocenters. The van der Waals surface area contributed by atoms with Crippen molar-refractivity contribution in [2.24, 2.45) is 0 Å². The summed E-state index contributed by atoms with van der Waals surface area (Å²) < 4.78 is 0. The first-order chi connectivity index (χ1) is 10.8. The van der Waals surface area contributed by atoms with E-state index in [1.165, 1.54) is 69.4 Å². The smallest absolute Gasteiger partial charge is 0.0880 e. The molecule has 0 radical (unpaired) electrons. The van der Waals surface area contributed by atoms with Crippen molar-refractivity contribution in [2.45, 2.75) is 63.5 Å². The number of fused-ring (bicyclic) bond motifs is 1. The van der Waals surface area contributed by atoms with Gasteiger partial charge >= 0.3 is 0 Å². The second-order valence-corrected chi connectivity index (χ2v) is 7.60. The van der Waals surface area contributed by atoms with Gasteiger partial charge in [-0.1, -0.05) is 31.4 Å². The van der Waals surface area contributed by atoms with Crippen LogP contribution in [0.15, 0.2) is 24.3 Å². The van der Waals surface area contributed by atoms with Crippen LogP contribution in [0.3, 0.4) is 0 Å². The minimum absolute atomic E-state index is 0.490. The molecule has 0 aromatic heterocycles. The highest BCUT2D eigenvalue weighted by Gasteiger charge is 2.37. The maximum atomic E-state index is 3.54. The van der Waals surface area contributed by atoms with Crippen molar-refractivity contribution in [1.82, 2.24) is 4.90 Å². The molecule has 3 nitrogen and oxygen atoms in total. The summed E-state index contributed by atoms with van der Waals surface area (Å²) in [4.78, 5) is 5.40. The molecule has 3 aliphatic rings. The minimum Gasteiger partial charge on any atom is -0.366 e. The van der Waals surface area contributed by atoms with E-state index < -0.39 is 0 Å². The lowest BCUT2D eigenvalue weighted by molar-refractivity contribution is 0.0433. The fourth-order valence-corrected chi connectivity index (χ4v) is 4.80. The normalized spacial score (nSPS) is 25.8. The van der Waals surface area contributed by atoms with E-state index in [0.29, 0.717) is 11.6 Å². The number of anilines is 2. The topological polar surface area (TPSA) is 18.5 Å². The van der Waals surface area contributed by atoms with Gasteiger partial charge in [-0.25, -0.2) is 0 Å². The number of nitrogens with one attached hydrogen (secondary N) is 1. The zero-order valence-corrected chi connectivity index (χ0v) is 13.9. The van der Waals surface area contributed by atoms with Gasteiger partial charge in [0.2, 0.25) is 0 Å². The lowest BCUT2D eigenvalue weighted by atomic mass is 9.80. The number of benzene rings is 1. The zero-order valence-electron chi connectivity index (χ0n) is 13.9. The molecule has 1 saturated carbocycles. The minimum atomic E-state index is 0.490. The maximum Gasteiger partial charge on any atom is 0.0880 e. The van der Waals surface area contributed by atoms with E-state index in [-0.39, 0.29) is 0 Å². The first kappa shape index (κ1) is 14.4. The van der Waals surface area contributed by atoms with Gasteiger partial charge in [-0.05, 0) is 44.7 Å². The molecule has 1 aromatic carbocycles. The van der Waals surface area contributed by atoms with Crippen molar-refractivity contribution in [2.75, 3.05) is 30.0 Å². The molecule has 4 rings (SSSR count). The fraction of sp³-hybridized carbons (Fsp3) is 0.684. The van der Waals surface area contributed by atoms with E-state index >= 15 is 0 Å². The molecule has 1 saturated heterocycles. The summed E-state index contributed by atoms with van der Waals surface area (Å²) in [5.74, 6) is 0. The molecule has 120 valence electrons. The van der Waals surface area contributed by atoms with Crippen LogP contribution in [0.5, 0.6) is 0 Å². The van der Waals surface area contributed by atoms with E-state index in [1.807, 2.05) is 0 Å². The van der Waals surface area contributed by atoms with Crippen LogP contribution in [0.1, 0.15) is 51.9 Å². The summed E-state index contributed by atoms with van der Waals surface area (Å²) in [6.07, 6.45) is 9.75. The van der Waals surface area contributed by atoms with E-state index in [9.17, 15) is 0 Å². The molecule has 0 amide bonds. The van der Waals surface area contributed by atoms with Gasteiger partial charge in [0, 0.05) is 24.7 Å². The molecular formula is C19H29N3. The molecule has 2 aliphatic heterocycles. The summed E-state index contributed by atoms with van der Waals surface area (Å²) >= 11 is 0. The van der Waals surface area contributed by atoms with Crippen molar-refractivity contribution in [1.29, 1.82) is 0 Å². The first-order valence-electron chi connectivity index (χ1n) is 9.11. The second-order valence-electron chi connectivity index (χ2n) is 7.60. The Bertz CT molecular complexity index is 513. The monoisotopic (exact) mass is 299 g/mol. The van der Waals surface area contributed by atoms with Crippen LogP contribution in [-0.4, -0.2) is 36.2 Å². The molecule has 2 fully saturated rings. The van der Waals surface area contributed by atoms with Crippen LogP contribution in [0.4, 0.5) is 11.4 Å². The summed E-state index contributed by atoms with van der Waals surface area (Å²) in [6.45, 7) is 6.06. The number of para-hydroxylation sites is 2. The highest BCUT2D eigenvalue weighted by molar-refractivity contribution is 5.74. The Labute approximate surface area is 134 Å². The van der Waals surface area contributed by atoms with Crippen molar-refractivity contribution >= 4 is 11.4 Å². The van der Waals surface area contributed by atoms with Crippen LogP contribution in [0.2, 0.25) is 0 Å². The lowest BCUT2D eigenvalue weighted by Gasteiger charge is -2.48. The molecule has 1 aromatic rings. The maximum absolute atomic E-state index is 3.54. The van der Waals surface area contributed by atoms with E-state index in [4.69, 9.17) is 0 Å². The van der Waals surface area contributed by atoms with E-state index in [2.05, 4.69) is 46.3 Å². The number of piperidine rings is 1. The largest absolute Gasteiger partial charge is 0.366 e. The Morgan fingerprint density at radius 2 is 1.77 bits per heavy atom. The Kier molecular flexibility index (Phi) is 3.77. The van der Waals surface area contributed by atoms with Gasteiger partial charge in [0.1, 0.15) is 0 Å². The number of nitrogens with zero attached hydrogens (tertiary/aromatic N) is 2. The van der Waals surface area contributed by atoms with Crippen LogP contribution in [-0.2, 0) is 0 Å². The summed E-state index contributed by atoms with van der Waals surface area (Å²) in [5, 5.41) is 3.54. The highest BCUT2D eigenvalue weighted by atomic mass is 15.3. The van der Waals surface area contributed by atoms with Crippen LogP contribution < -0.4 is 10.2 Å². The van der Waals surface area contributed by atoms with Crippen molar-refractivity contribution < 1.29 is 0 Å². The van der Waals surface area contributed by atoms with Crippen LogP contribution in [0.25, 0.3) is 0 Å². The lowest BCUT2D eigenvalue weighted by Crippen LogP contribution is -2.54. The van der Waals surface area contributed by atoms with Crippen LogP contribution in [0, 0.1) is 0 Å². The molecular weight excluding hydrogens is 270 g/mol. The third-order valence-electron chi connectivity index (χ3n) is 6.25. The molecule has 1 aliphatic carbocycles. The molecule has 1 N–H and O–H groups in total. The van der Waals surface area contributed by atoms with Gasteiger partial charge in [0.25, 0.3) is 0 Å². The number of rotatable bonds is 2. The summed E-state index contributed by atoms with van der Waals surface area (Å²) in [5.41, 5.74) is 3.21. The number of hydrogen-bond donors (Lipinski definition) is 1. The average Bonchev–Trinajstić information content (AvgIpc) is 3.00. The average molecular weight is 299 g/mol. The predicted molar refractivity (Wildman–Crippen MR) is 93.5 cm³/mol. The first-order valence-corrected chi connectivity index (χ1v) is 9.11. The van der Waals surface area contributed by atoms with Crippen molar-refractivity contribution in [3.05, 3.63) is 24.3 Å². The second kappa shape index (κ2) is 5.77. The molecule has 3 heteroatoms. The molecule has 22 heavy (non-hydrogen) atoms. The van der Waals surface area contributed by atoms with Crippen molar-refractivity contribution in [3.63, 3.8) is 0 Å². The Hall–Kier alpha value is -1.22. The molecule has 2 heterocycles. The van der Waals surface area contributed by atoms with Gasteiger partial charge in [0.05, 0.1) is 18.0 Å².